The van der Waals surface area contributed by atoms with Gasteiger partial charge in [-0.2, -0.15) is 0 Å². The minimum atomic E-state index is -0.259. The molecular weight excluding hydrogens is 316 g/mol. The number of nitrogens with zero attached hydrogens (tertiary/aromatic N) is 4. The average molecular weight is 336 g/mol. The zero-order valence-corrected chi connectivity index (χ0v) is 14.4. The van der Waals surface area contributed by atoms with Crippen LogP contribution in [-0.2, 0) is 7.05 Å². The predicted molar refractivity (Wildman–Crippen MR) is 98.6 cm³/mol. The van der Waals surface area contributed by atoms with Gasteiger partial charge in [-0.1, -0.05) is 0 Å². The molecule has 0 aliphatic heterocycles. The second-order valence-electron chi connectivity index (χ2n) is 5.47. The standard InChI is InChI=1S/C18H20N6O/c1-4-21-16-14-10-13(19-2)7-8-15(14)22-18(24(16)3)23-17(25)12-6-5-9-20-11-12/h5-11,19H,4H2,1-3H3,(H,22,23,25). The van der Waals surface area contributed by atoms with Crippen molar-refractivity contribution in [3.63, 3.8) is 0 Å². The Morgan fingerprint density at radius 3 is 2.84 bits per heavy atom. The van der Waals surface area contributed by atoms with E-state index in [1.54, 1.807) is 22.9 Å². The Morgan fingerprint density at radius 2 is 2.16 bits per heavy atom. The first-order chi connectivity index (χ1) is 12.1. The van der Waals surface area contributed by atoms with Gasteiger partial charge in [-0.15, -0.1) is 0 Å². The number of fused-ring (bicyclic) bond motifs is 1. The lowest BCUT2D eigenvalue weighted by molar-refractivity contribution is 0.102. The van der Waals surface area contributed by atoms with Crippen LogP contribution >= 0.6 is 0 Å². The van der Waals surface area contributed by atoms with Gasteiger partial charge < -0.3 is 5.32 Å². The Hall–Kier alpha value is -3.22. The minimum absolute atomic E-state index is 0.259. The fourth-order valence-corrected chi connectivity index (χ4v) is 2.56. The molecule has 0 spiro atoms. The van der Waals surface area contributed by atoms with E-state index in [1.807, 2.05) is 39.2 Å². The summed E-state index contributed by atoms with van der Waals surface area (Å²) >= 11 is 0. The second-order valence-corrected chi connectivity index (χ2v) is 5.47. The lowest BCUT2D eigenvalue weighted by Crippen LogP contribution is -2.26. The molecule has 7 heteroatoms. The smallest absolute Gasteiger partial charge is 0.259 e. The molecule has 7 nitrogen and oxygen atoms in total. The molecule has 0 atom stereocenters. The van der Waals surface area contributed by atoms with Crippen LogP contribution in [0.4, 0.5) is 11.6 Å². The van der Waals surface area contributed by atoms with Crippen LogP contribution in [0.3, 0.4) is 0 Å². The monoisotopic (exact) mass is 336 g/mol. The van der Waals surface area contributed by atoms with E-state index in [4.69, 9.17) is 0 Å². The number of hydrogen-bond donors (Lipinski definition) is 2. The van der Waals surface area contributed by atoms with Gasteiger partial charge in [0.05, 0.1) is 11.1 Å². The summed E-state index contributed by atoms with van der Waals surface area (Å²) in [5.74, 6) is 0.176. The van der Waals surface area contributed by atoms with Gasteiger partial charge in [0.15, 0.2) is 0 Å². The van der Waals surface area contributed by atoms with Crippen molar-refractivity contribution in [1.29, 1.82) is 0 Å². The molecule has 3 aromatic rings. The van der Waals surface area contributed by atoms with Crippen LogP contribution in [0.2, 0.25) is 0 Å². The number of benzene rings is 1. The number of amides is 1. The van der Waals surface area contributed by atoms with Gasteiger partial charge in [0.25, 0.3) is 5.91 Å². The number of carbonyl (C=O) groups excluding carboxylic acids is 1. The molecule has 2 aromatic heterocycles. The van der Waals surface area contributed by atoms with Crippen molar-refractivity contribution >= 4 is 28.4 Å². The lowest BCUT2D eigenvalue weighted by atomic mass is 10.2. The van der Waals surface area contributed by atoms with Crippen LogP contribution in [0.25, 0.3) is 10.9 Å². The van der Waals surface area contributed by atoms with E-state index < -0.39 is 0 Å². The number of nitrogens with one attached hydrogen (secondary N) is 2. The van der Waals surface area contributed by atoms with E-state index >= 15 is 0 Å². The molecular formula is C18H20N6O. The Balaban J connectivity index is 2.12. The largest absolute Gasteiger partial charge is 0.388 e. The summed E-state index contributed by atoms with van der Waals surface area (Å²) in [6.07, 6.45) is 3.15. The number of rotatable bonds is 4. The second kappa shape index (κ2) is 7.12. The average Bonchev–Trinajstić information content (AvgIpc) is 2.65. The van der Waals surface area contributed by atoms with Crippen LogP contribution in [0.5, 0.6) is 0 Å². The highest BCUT2D eigenvalue weighted by Gasteiger charge is 2.12. The zero-order valence-electron chi connectivity index (χ0n) is 14.4. The summed E-state index contributed by atoms with van der Waals surface area (Å²) in [5.41, 5.74) is 3.00. The maximum atomic E-state index is 12.4. The van der Waals surface area contributed by atoms with Gasteiger partial charge in [0, 0.05) is 44.1 Å². The van der Waals surface area contributed by atoms with Crippen molar-refractivity contribution < 1.29 is 4.79 Å². The topological polar surface area (TPSA) is 84.2 Å². The van der Waals surface area contributed by atoms with Gasteiger partial charge in [0.2, 0.25) is 5.95 Å². The fourth-order valence-electron chi connectivity index (χ4n) is 2.56. The zero-order chi connectivity index (χ0) is 17.8. The summed E-state index contributed by atoms with van der Waals surface area (Å²) < 4.78 is 1.79. The van der Waals surface area contributed by atoms with E-state index in [0.29, 0.717) is 18.1 Å². The van der Waals surface area contributed by atoms with E-state index in [2.05, 4.69) is 25.6 Å². The van der Waals surface area contributed by atoms with Crippen molar-refractivity contribution in [3.05, 3.63) is 53.8 Å². The molecule has 0 unspecified atom stereocenters. The highest BCUT2D eigenvalue weighted by atomic mass is 16.1. The highest BCUT2D eigenvalue weighted by Crippen LogP contribution is 2.16. The Morgan fingerprint density at radius 1 is 1.32 bits per heavy atom. The Labute approximate surface area is 145 Å². The SMILES string of the molecule is CCN=c1c2cc(NC)ccc2nc(NC(=O)c2cccnc2)n1C. The van der Waals surface area contributed by atoms with Crippen molar-refractivity contribution in [2.75, 3.05) is 24.2 Å². The molecule has 0 radical (unpaired) electrons. The van der Waals surface area contributed by atoms with Gasteiger partial charge in [-0.25, -0.2) is 4.98 Å². The van der Waals surface area contributed by atoms with E-state index in [9.17, 15) is 4.79 Å². The van der Waals surface area contributed by atoms with Gasteiger partial charge in [-0.3, -0.25) is 24.7 Å². The maximum absolute atomic E-state index is 12.4. The van der Waals surface area contributed by atoms with Crippen molar-refractivity contribution in [2.24, 2.45) is 12.0 Å². The first-order valence-corrected chi connectivity index (χ1v) is 8.04. The first-order valence-electron chi connectivity index (χ1n) is 8.04. The molecule has 1 aromatic carbocycles. The third-order valence-electron chi connectivity index (χ3n) is 3.84. The molecule has 2 N–H and O–H groups in total. The molecule has 0 saturated heterocycles. The van der Waals surface area contributed by atoms with E-state index in [1.165, 1.54) is 6.20 Å². The predicted octanol–water partition coefficient (Wildman–Crippen LogP) is 2.18. The Bertz CT molecular complexity index is 978. The third kappa shape index (κ3) is 3.35. The molecule has 0 aliphatic rings. The van der Waals surface area contributed by atoms with Crippen LogP contribution < -0.4 is 16.1 Å². The highest BCUT2D eigenvalue weighted by molar-refractivity contribution is 6.03. The molecule has 3 rings (SSSR count). The Kier molecular flexibility index (Phi) is 4.74. The van der Waals surface area contributed by atoms with Crippen LogP contribution in [-0.4, -0.2) is 34.0 Å². The molecule has 1 amide bonds. The molecule has 0 fully saturated rings. The van der Waals surface area contributed by atoms with Crippen LogP contribution in [0.1, 0.15) is 17.3 Å². The molecule has 2 heterocycles. The molecule has 0 saturated carbocycles. The number of anilines is 2. The van der Waals surface area contributed by atoms with E-state index in [0.717, 1.165) is 22.1 Å². The van der Waals surface area contributed by atoms with Crippen molar-refractivity contribution in [2.45, 2.75) is 6.92 Å². The number of carbonyl (C=O) groups is 1. The first kappa shape index (κ1) is 16.6. The molecule has 25 heavy (non-hydrogen) atoms. The normalized spacial score (nSPS) is 11.6. The van der Waals surface area contributed by atoms with Gasteiger partial charge in [-0.05, 0) is 37.3 Å². The van der Waals surface area contributed by atoms with Gasteiger partial charge >= 0.3 is 0 Å². The summed E-state index contributed by atoms with van der Waals surface area (Å²) in [6.45, 7) is 2.61. The summed E-state index contributed by atoms with van der Waals surface area (Å²) in [5, 5.41) is 6.89. The van der Waals surface area contributed by atoms with Crippen LogP contribution in [0, 0.1) is 0 Å². The minimum Gasteiger partial charge on any atom is -0.388 e. The summed E-state index contributed by atoms with van der Waals surface area (Å²) in [7, 11) is 3.71. The van der Waals surface area contributed by atoms with Crippen molar-refractivity contribution in [1.82, 2.24) is 14.5 Å². The number of aromatic nitrogens is 3. The van der Waals surface area contributed by atoms with Gasteiger partial charge in [0.1, 0.15) is 5.49 Å². The van der Waals surface area contributed by atoms with E-state index in [-0.39, 0.29) is 5.91 Å². The van der Waals surface area contributed by atoms with Crippen molar-refractivity contribution in [3.8, 4) is 0 Å². The summed E-state index contributed by atoms with van der Waals surface area (Å²) in [4.78, 5) is 25.6. The summed E-state index contributed by atoms with van der Waals surface area (Å²) in [6, 6.07) is 9.29. The fraction of sp³-hybridized carbons (Fsp3) is 0.222. The quantitative estimate of drug-likeness (QED) is 0.765. The third-order valence-corrected chi connectivity index (χ3v) is 3.84. The molecule has 0 bridgehead atoms. The molecule has 0 aliphatic carbocycles. The maximum Gasteiger partial charge on any atom is 0.259 e. The van der Waals surface area contributed by atoms with Crippen LogP contribution in [0.15, 0.2) is 47.7 Å². The lowest BCUT2D eigenvalue weighted by Gasteiger charge is -2.13. The molecule has 128 valence electrons. The number of pyridine rings is 1. The number of hydrogen-bond acceptors (Lipinski definition) is 5.